The minimum atomic E-state index is -0.528. The van der Waals surface area contributed by atoms with Crippen molar-refractivity contribution in [2.75, 3.05) is 63.7 Å². The summed E-state index contributed by atoms with van der Waals surface area (Å²) in [5, 5.41) is 0. The summed E-state index contributed by atoms with van der Waals surface area (Å²) >= 11 is 3.37. The molecule has 0 spiro atoms. The standard InChI is InChI=1S/C31H40O8S2/c1-5-30(32)38-28(20-34-15-17-40-3)22-36-26-11-7-24(8-12-26)19-25-9-13-27(14-10-25)37-23-29(39-31(33)6-2)21-35-16-18-41-4/h5-14,28-29H,1-2,15-23H2,3-4H3. The molecule has 0 aliphatic heterocycles. The van der Waals surface area contributed by atoms with E-state index in [0.717, 1.165) is 41.2 Å². The van der Waals surface area contributed by atoms with Crippen LogP contribution in [0.5, 0.6) is 11.5 Å². The van der Waals surface area contributed by atoms with Crippen LogP contribution in [0.2, 0.25) is 0 Å². The Hall–Kier alpha value is -2.92. The van der Waals surface area contributed by atoms with E-state index in [9.17, 15) is 9.59 Å². The Labute approximate surface area is 251 Å². The number of benzene rings is 2. The highest BCUT2D eigenvalue weighted by Gasteiger charge is 2.16. The van der Waals surface area contributed by atoms with E-state index in [1.165, 1.54) is 0 Å². The molecule has 2 rings (SSSR count). The van der Waals surface area contributed by atoms with Gasteiger partial charge in [-0.15, -0.1) is 0 Å². The number of esters is 2. The molecule has 0 radical (unpaired) electrons. The van der Waals surface area contributed by atoms with E-state index in [1.54, 1.807) is 23.5 Å². The third-order valence-electron chi connectivity index (χ3n) is 5.50. The average molecular weight is 605 g/mol. The van der Waals surface area contributed by atoms with Crippen LogP contribution in [0.25, 0.3) is 0 Å². The van der Waals surface area contributed by atoms with Gasteiger partial charge in [-0.25, -0.2) is 9.59 Å². The van der Waals surface area contributed by atoms with Crippen LogP contribution in [0.15, 0.2) is 73.8 Å². The first-order valence-electron chi connectivity index (χ1n) is 13.2. The fourth-order valence-corrected chi connectivity index (χ4v) is 3.96. The number of ether oxygens (including phenoxy) is 6. The molecule has 0 saturated heterocycles. The van der Waals surface area contributed by atoms with Gasteiger partial charge in [-0.3, -0.25) is 0 Å². The van der Waals surface area contributed by atoms with E-state index < -0.39 is 24.1 Å². The second-order valence-electron chi connectivity index (χ2n) is 8.75. The fourth-order valence-electron chi connectivity index (χ4n) is 3.39. The Bertz CT molecular complexity index is 960. The highest BCUT2D eigenvalue weighted by molar-refractivity contribution is 7.98. The first-order valence-corrected chi connectivity index (χ1v) is 16.0. The summed E-state index contributed by atoms with van der Waals surface area (Å²) in [7, 11) is 0. The monoisotopic (exact) mass is 604 g/mol. The molecular weight excluding hydrogens is 564 g/mol. The van der Waals surface area contributed by atoms with Gasteiger partial charge < -0.3 is 28.4 Å². The summed E-state index contributed by atoms with van der Waals surface area (Å²) < 4.78 is 33.5. The van der Waals surface area contributed by atoms with Crippen molar-refractivity contribution in [3.63, 3.8) is 0 Å². The van der Waals surface area contributed by atoms with Crippen LogP contribution >= 0.6 is 23.5 Å². The number of hydrogen-bond acceptors (Lipinski definition) is 10. The summed E-state index contributed by atoms with van der Waals surface area (Å²) in [6.07, 6.45) is 5.94. The second-order valence-corrected chi connectivity index (χ2v) is 10.7. The average Bonchev–Trinajstić information content (AvgIpc) is 2.99. The van der Waals surface area contributed by atoms with E-state index in [1.807, 2.05) is 61.0 Å². The molecule has 0 heterocycles. The predicted octanol–water partition coefficient (Wildman–Crippen LogP) is 4.99. The molecule has 2 aromatic rings. The van der Waals surface area contributed by atoms with Crippen molar-refractivity contribution in [3.8, 4) is 11.5 Å². The van der Waals surface area contributed by atoms with Crippen LogP contribution in [-0.2, 0) is 35.0 Å². The lowest BCUT2D eigenvalue weighted by Crippen LogP contribution is -2.29. The molecule has 0 aromatic heterocycles. The van der Waals surface area contributed by atoms with E-state index in [0.29, 0.717) is 24.7 Å². The Morgan fingerprint density at radius 3 is 1.41 bits per heavy atom. The molecule has 2 aromatic carbocycles. The van der Waals surface area contributed by atoms with Gasteiger partial charge in [0.1, 0.15) is 24.7 Å². The van der Waals surface area contributed by atoms with Gasteiger partial charge in [0.25, 0.3) is 0 Å². The predicted molar refractivity (Wildman–Crippen MR) is 165 cm³/mol. The summed E-state index contributed by atoms with van der Waals surface area (Å²) in [6, 6.07) is 15.5. The van der Waals surface area contributed by atoms with Crippen LogP contribution in [-0.4, -0.2) is 87.8 Å². The third-order valence-corrected chi connectivity index (χ3v) is 6.65. The van der Waals surface area contributed by atoms with Gasteiger partial charge in [-0.2, -0.15) is 23.5 Å². The Kier molecular flexibility index (Phi) is 17.5. The van der Waals surface area contributed by atoms with Crippen LogP contribution in [0, 0.1) is 0 Å². The molecule has 0 aliphatic carbocycles. The molecule has 0 aliphatic rings. The summed E-state index contributed by atoms with van der Waals surface area (Å²) in [5.41, 5.74) is 2.22. The molecule has 0 N–H and O–H groups in total. The number of carbonyl (C=O) groups is 2. The highest BCUT2D eigenvalue weighted by Crippen LogP contribution is 2.19. The molecule has 2 atom stereocenters. The molecule has 0 amide bonds. The van der Waals surface area contributed by atoms with Crippen molar-refractivity contribution < 1.29 is 38.0 Å². The number of rotatable bonds is 22. The molecule has 0 fully saturated rings. The summed E-state index contributed by atoms with van der Waals surface area (Å²) in [5.74, 6) is 2.05. The normalized spacial score (nSPS) is 12.1. The quantitative estimate of drug-likeness (QED) is 0.104. The SMILES string of the molecule is C=CC(=O)OC(COCCSC)COc1ccc(Cc2ccc(OCC(COCCSC)OC(=O)C=C)cc2)cc1. The first-order chi connectivity index (χ1) is 20.0. The molecule has 41 heavy (non-hydrogen) atoms. The summed E-state index contributed by atoms with van der Waals surface area (Å²) in [4.78, 5) is 23.3. The van der Waals surface area contributed by atoms with E-state index in [4.69, 9.17) is 28.4 Å². The van der Waals surface area contributed by atoms with Crippen molar-refractivity contribution in [3.05, 3.63) is 85.0 Å². The molecule has 0 bridgehead atoms. The number of thioether (sulfide) groups is 2. The van der Waals surface area contributed by atoms with Gasteiger partial charge in [0.05, 0.1) is 26.4 Å². The van der Waals surface area contributed by atoms with Crippen LogP contribution in [0.1, 0.15) is 11.1 Å². The lowest BCUT2D eigenvalue weighted by molar-refractivity contribution is -0.148. The van der Waals surface area contributed by atoms with E-state index >= 15 is 0 Å². The number of hydrogen-bond donors (Lipinski definition) is 0. The zero-order valence-corrected chi connectivity index (χ0v) is 25.4. The lowest BCUT2D eigenvalue weighted by Gasteiger charge is -2.18. The maximum atomic E-state index is 11.6. The van der Waals surface area contributed by atoms with Gasteiger partial charge in [0.2, 0.25) is 0 Å². The Balaban J connectivity index is 1.84. The molecule has 224 valence electrons. The van der Waals surface area contributed by atoms with E-state index in [-0.39, 0.29) is 26.4 Å². The smallest absolute Gasteiger partial charge is 0.330 e. The maximum absolute atomic E-state index is 11.6. The second kappa shape index (κ2) is 20.9. The molecule has 0 saturated carbocycles. The maximum Gasteiger partial charge on any atom is 0.330 e. The zero-order valence-electron chi connectivity index (χ0n) is 23.8. The van der Waals surface area contributed by atoms with Crippen LogP contribution in [0.4, 0.5) is 0 Å². The van der Waals surface area contributed by atoms with E-state index in [2.05, 4.69) is 13.2 Å². The summed E-state index contributed by atoms with van der Waals surface area (Å²) in [6.45, 7) is 8.90. The molecule has 10 heteroatoms. The van der Waals surface area contributed by atoms with Gasteiger partial charge in [0, 0.05) is 23.7 Å². The lowest BCUT2D eigenvalue weighted by atomic mass is 10.0. The Morgan fingerprint density at radius 2 is 1.07 bits per heavy atom. The van der Waals surface area contributed by atoms with Gasteiger partial charge in [-0.05, 0) is 54.3 Å². The highest BCUT2D eigenvalue weighted by atomic mass is 32.2. The van der Waals surface area contributed by atoms with Gasteiger partial charge in [-0.1, -0.05) is 37.4 Å². The first kappa shape index (κ1) is 34.3. The number of carbonyl (C=O) groups excluding carboxylic acids is 2. The largest absolute Gasteiger partial charge is 0.490 e. The van der Waals surface area contributed by atoms with Crippen LogP contribution < -0.4 is 9.47 Å². The van der Waals surface area contributed by atoms with Crippen LogP contribution in [0.3, 0.4) is 0 Å². The minimum absolute atomic E-state index is 0.178. The third kappa shape index (κ3) is 15.0. The molecular formula is C31H40O8S2. The van der Waals surface area contributed by atoms with Gasteiger partial charge in [0.15, 0.2) is 12.2 Å². The van der Waals surface area contributed by atoms with Gasteiger partial charge >= 0.3 is 11.9 Å². The molecule has 2 unspecified atom stereocenters. The minimum Gasteiger partial charge on any atom is -0.490 e. The van der Waals surface area contributed by atoms with Crippen molar-refractivity contribution in [1.29, 1.82) is 0 Å². The van der Waals surface area contributed by atoms with Crippen molar-refractivity contribution >= 4 is 35.5 Å². The Morgan fingerprint density at radius 1 is 0.683 bits per heavy atom. The van der Waals surface area contributed by atoms with Crippen molar-refractivity contribution in [1.82, 2.24) is 0 Å². The zero-order chi connectivity index (χ0) is 29.7. The topological polar surface area (TPSA) is 89.5 Å². The van der Waals surface area contributed by atoms with Crippen molar-refractivity contribution in [2.24, 2.45) is 0 Å². The van der Waals surface area contributed by atoms with Crippen molar-refractivity contribution in [2.45, 2.75) is 18.6 Å². The molecule has 8 nitrogen and oxygen atoms in total. The fraction of sp³-hybridized carbons (Fsp3) is 0.419.